The van der Waals surface area contributed by atoms with Crippen molar-refractivity contribution in [2.24, 2.45) is 5.92 Å². The van der Waals surface area contributed by atoms with E-state index in [1.165, 1.54) is 42.0 Å². The van der Waals surface area contributed by atoms with Crippen LogP contribution in [0.15, 0.2) is 76.6 Å². The average Bonchev–Trinajstić information content (AvgIpc) is 3.48. The van der Waals surface area contributed by atoms with Crippen LogP contribution in [0, 0.1) is 12.8 Å². The van der Waals surface area contributed by atoms with Crippen molar-refractivity contribution in [3.05, 3.63) is 98.0 Å². The molecule has 236 valence electrons. The van der Waals surface area contributed by atoms with Gasteiger partial charge in [0.2, 0.25) is 17.7 Å². The Morgan fingerprint density at radius 2 is 1.70 bits per heavy atom. The fourth-order valence-corrected chi connectivity index (χ4v) is 8.47. The number of hydrogen-bond donors (Lipinski definition) is 2. The van der Waals surface area contributed by atoms with Crippen LogP contribution in [0.25, 0.3) is 0 Å². The summed E-state index contributed by atoms with van der Waals surface area (Å²) in [5.41, 5.74) is 2.74. The molecule has 0 aliphatic carbocycles. The first-order valence-electron chi connectivity index (χ1n) is 14.4. The van der Waals surface area contributed by atoms with Crippen LogP contribution in [-0.4, -0.2) is 52.3 Å². The maximum absolute atomic E-state index is 14.2. The van der Waals surface area contributed by atoms with E-state index < -0.39 is 45.6 Å². The molecule has 13 heteroatoms. The molecular formula is C33H29N3O8S2. The zero-order chi connectivity index (χ0) is 32.7. The number of ether oxygens (including phenoxy) is 2. The average molecular weight is 660 g/mol. The highest BCUT2D eigenvalue weighted by atomic mass is 32.2. The summed E-state index contributed by atoms with van der Waals surface area (Å²) in [7, 11) is 1.40. The van der Waals surface area contributed by atoms with Gasteiger partial charge in [-0.25, -0.2) is 9.69 Å². The zero-order valence-corrected chi connectivity index (χ0v) is 26.6. The molecule has 3 heterocycles. The number of phenols is 1. The number of carbonyl (C=O) groups excluding carboxylic acids is 4. The maximum Gasteiger partial charge on any atom is 0.338 e. The minimum absolute atomic E-state index is 0.108. The van der Waals surface area contributed by atoms with Crippen molar-refractivity contribution in [3.8, 4) is 11.5 Å². The summed E-state index contributed by atoms with van der Waals surface area (Å²) < 4.78 is 11.7. The standard InChI is InChI=1S/C33H29N3O8S2/c1-4-44-32(41)18-7-12-21(13-8-18)36-29(39)26-25(19-9-14-22(37)23(15-19)43-3)28-31(45-27(26)30(36)40)35(33(42)46-28)16-24(38)34-20-10-5-17(2)6-11-20/h5-15,25-27,37H,4,16H2,1-3H3,(H,34,38)/t25-,26?,27?/m0/s1. The number of rotatable bonds is 8. The highest BCUT2D eigenvalue weighted by Gasteiger charge is 2.57. The highest BCUT2D eigenvalue weighted by Crippen LogP contribution is 2.54. The van der Waals surface area contributed by atoms with E-state index in [0.29, 0.717) is 26.8 Å². The molecule has 2 aliphatic heterocycles. The van der Waals surface area contributed by atoms with E-state index >= 15 is 0 Å². The number of benzene rings is 3. The molecule has 0 bridgehead atoms. The molecule has 3 aromatic carbocycles. The second kappa shape index (κ2) is 12.5. The van der Waals surface area contributed by atoms with Crippen molar-refractivity contribution in [1.29, 1.82) is 0 Å². The molecule has 6 rings (SSSR count). The molecule has 1 aromatic heterocycles. The fraction of sp³-hybridized carbons (Fsp3) is 0.242. The van der Waals surface area contributed by atoms with Crippen LogP contribution in [0.1, 0.15) is 39.2 Å². The van der Waals surface area contributed by atoms with Gasteiger partial charge in [-0.15, -0.1) is 0 Å². The van der Waals surface area contributed by atoms with Gasteiger partial charge in [-0.3, -0.25) is 23.7 Å². The van der Waals surface area contributed by atoms with Gasteiger partial charge >= 0.3 is 10.8 Å². The lowest BCUT2D eigenvalue weighted by atomic mass is 9.83. The van der Waals surface area contributed by atoms with Crippen LogP contribution in [0.5, 0.6) is 11.5 Å². The quantitative estimate of drug-likeness (QED) is 0.206. The van der Waals surface area contributed by atoms with E-state index in [-0.39, 0.29) is 30.2 Å². The van der Waals surface area contributed by atoms with Crippen LogP contribution < -0.4 is 19.8 Å². The largest absolute Gasteiger partial charge is 0.504 e. The number of aryl methyl sites for hydroxylation is 1. The molecule has 3 atom stereocenters. The van der Waals surface area contributed by atoms with Gasteiger partial charge in [-0.1, -0.05) is 46.9 Å². The van der Waals surface area contributed by atoms with Gasteiger partial charge in [0, 0.05) is 16.5 Å². The summed E-state index contributed by atoms with van der Waals surface area (Å²) in [6.45, 7) is 3.54. The van der Waals surface area contributed by atoms with Crippen LogP contribution in [0.3, 0.4) is 0 Å². The van der Waals surface area contributed by atoms with Gasteiger partial charge in [-0.2, -0.15) is 0 Å². The van der Waals surface area contributed by atoms with E-state index in [4.69, 9.17) is 9.47 Å². The number of anilines is 2. The Balaban J connectivity index is 1.39. The molecular weight excluding hydrogens is 631 g/mol. The number of nitrogens with zero attached hydrogens (tertiary/aromatic N) is 2. The third-order valence-electron chi connectivity index (χ3n) is 7.89. The molecule has 2 aliphatic rings. The number of hydrogen-bond acceptors (Lipinski definition) is 10. The molecule has 11 nitrogen and oxygen atoms in total. The lowest BCUT2D eigenvalue weighted by molar-refractivity contribution is -0.122. The molecule has 1 saturated heterocycles. The summed E-state index contributed by atoms with van der Waals surface area (Å²) in [5, 5.41) is 12.6. The zero-order valence-electron chi connectivity index (χ0n) is 25.0. The van der Waals surface area contributed by atoms with Gasteiger partial charge in [0.15, 0.2) is 11.5 Å². The number of carbonyl (C=O) groups is 4. The maximum atomic E-state index is 14.2. The lowest BCUT2D eigenvalue weighted by Crippen LogP contribution is -2.33. The molecule has 1 fully saturated rings. The number of fused-ring (bicyclic) bond motifs is 2. The number of methoxy groups -OCH3 is 1. The molecule has 2 N–H and O–H groups in total. The normalized spacial score (nSPS) is 18.6. The Hall–Kier alpha value is -4.88. The number of thioether (sulfide) groups is 1. The van der Waals surface area contributed by atoms with E-state index in [9.17, 15) is 29.1 Å². The minimum atomic E-state index is -0.921. The summed E-state index contributed by atoms with van der Waals surface area (Å²) in [5.74, 6) is -3.50. The fourth-order valence-electron chi connectivity index (χ4n) is 5.70. The number of phenolic OH excluding ortho intramolecular Hbond substituents is 1. The topological polar surface area (TPSA) is 144 Å². The number of thiazole rings is 1. The predicted molar refractivity (Wildman–Crippen MR) is 173 cm³/mol. The smallest absolute Gasteiger partial charge is 0.338 e. The second-order valence-electron chi connectivity index (χ2n) is 10.8. The number of esters is 1. The highest BCUT2D eigenvalue weighted by molar-refractivity contribution is 8.00. The molecule has 0 radical (unpaired) electrons. The number of imide groups is 1. The van der Waals surface area contributed by atoms with Crippen LogP contribution >= 0.6 is 23.1 Å². The van der Waals surface area contributed by atoms with Crippen molar-refractivity contribution in [2.45, 2.75) is 36.6 Å². The summed E-state index contributed by atoms with van der Waals surface area (Å²) in [4.78, 5) is 68.1. The van der Waals surface area contributed by atoms with E-state index in [1.807, 2.05) is 19.1 Å². The molecule has 0 spiro atoms. The van der Waals surface area contributed by atoms with Crippen LogP contribution in [-0.2, 0) is 25.7 Å². The summed E-state index contributed by atoms with van der Waals surface area (Å²) in [6, 6.07) is 17.9. The Bertz CT molecular complexity index is 1920. The monoisotopic (exact) mass is 659 g/mol. The van der Waals surface area contributed by atoms with E-state index in [1.54, 1.807) is 31.2 Å². The third-order valence-corrected chi connectivity index (χ3v) is 10.5. The van der Waals surface area contributed by atoms with Crippen LogP contribution in [0.2, 0.25) is 0 Å². The van der Waals surface area contributed by atoms with Gasteiger partial charge < -0.3 is 19.9 Å². The van der Waals surface area contributed by atoms with Crippen molar-refractivity contribution in [2.75, 3.05) is 23.9 Å². The Morgan fingerprint density at radius 1 is 0.978 bits per heavy atom. The first-order valence-corrected chi connectivity index (χ1v) is 16.1. The van der Waals surface area contributed by atoms with Gasteiger partial charge in [-0.05, 0) is 67.9 Å². The van der Waals surface area contributed by atoms with E-state index in [0.717, 1.165) is 33.6 Å². The Kier molecular flexibility index (Phi) is 8.45. The van der Waals surface area contributed by atoms with Gasteiger partial charge in [0.05, 0.1) is 35.9 Å². The Labute approximate surface area is 271 Å². The third kappa shape index (κ3) is 5.56. The predicted octanol–water partition coefficient (Wildman–Crippen LogP) is 4.54. The first kappa shape index (κ1) is 31.1. The minimum Gasteiger partial charge on any atom is -0.504 e. The first-order chi connectivity index (χ1) is 22.1. The van der Waals surface area contributed by atoms with Gasteiger partial charge in [0.25, 0.3) is 0 Å². The Morgan fingerprint density at radius 3 is 2.37 bits per heavy atom. The van der Waals surface area contributed by atoms with Crippen molar-refractivity contribution < 1.29 is 33.8 Å². The van der Waals surface area contributed by atoms with E-state index in [2.05, 4.69) is 5.32 Å². The number of aromatic nitrogens is 1. The molecule has 0 saturated carbocycles. The molecule has 2 unspecified atom stereocenters. The number of aromatic hydroxyl groups is 1. The summed E-state index contributed by atoms with van der Waals surface area (Å²) >= 11 is 2.00. The number of nitrogens with one attached hydrogen (secondary N) is 1. The summed E-state index contributed by atoms with van der Waals surface area (Å²) in [6.07, 6.45) is 0. The van der Waals surface area contributed by atoms with Gasteiger partial charge in [0.1, 0.15) is 11.8 Å². The number of amides is 3. The van der Waals surface area contributed by atoms with Crippen molar-refractivity contribution in [3.63, 3.8) is 0 Å². The van der Waals surface area contributed by atoms with Crippen molar-refractivity contribution >= 4 is 58.2 Å². The molecule has 3 amide bonds. The lowest BCUT2D eigenvalue weighted by Gasteiger charge is -2.31. The SMILES string of the molecule is CCOC(=O)c1ccc(N2C(=O)C3Sc4c(sc(=O)n4CC(=O)Nc4ccc(C)cc4)[C@@H](c4ccc(O)c(OC)c4)C3C2=O)cc1. The molecule has 4 aromatic rings. The molecule has 46 heavy (non-hydrogen) atoms. The van der Waals surface area contributed by atoms with Crippen LogP contribution in [0.4, 0.5) is 11.4 Å². The second-order valence-corrected chi connectivity index (χ2v) is 12.9. The van der Waals surface area contributed by atoms with Crippen molar-refractivity contribution in [1.82, 2.24) is 4.57 Å².